The van der Waals surface area contributed by atoms with E-state index in [0.717, 1.165) is 23.5 Å². The van der Waals surface area contributed by atoms with Crippen LogP contribution < -0.4 is 15.2 Å². The van der Waals surface area contributed by atoms with Gasteiger partial charge in [-0.3, -0.25) is 14.2 Å². The second kappa shape index (κ2) is 7.60. The molecule has 1 aromatic carbocycles. The number of anilines is 2. The first-order chi connectivity index (χ1) is 12.1. The number of carbonyl (C=O) groups is 1. The fraction of sp³-hybridized carbons (Fsp3) is 0.214. The normalized spacial score (nSPS) is 11.9. The summed E-state index contributed by atoms with van der Waals surface area (Å²) in [4.78, 5) is 10.8. The molecule has 1 heterocycles. The van der Waals surface area contributed by atoms with Gasteiger partial charge in [0.25, 0.3) is 15.9 Å². The summed E-state index contributed by atoms with van der Waals surface area (Å²) < 4.78 is 66.5. The van der Waals surface area contributed by atoms with E-state index in [-0.39, 0.29) is 22.0 Å². The number of amides is 1. The minimum absolute atomic E-state index is 0.0120. The van der Waals surface area contributed by atoms with Gasteiger partial charge in [0.05, 0.1) is 22.0 Å². The molecule has 0 fully saturated rings. The molecular weight excluding hydrogens is 405 g/mol. The van der Waals surface area contributed by atoms with Crippen LogP contribution in [0.3, 0.4) is 0 Å². The first-order valence-corrected chi connectivity index (χ1v) is 11.3. The predicted octanol–water partition coefficient (Wildman–Crippen LogP) is 1.94. The van der Waals surface area contributed by atoms with Crippen molar-refractivity contribution in [1.82, 2.24) is 0 Å². The highest BCUT2D eigenvalue weighted by molar-refractivity contribution is 7.93. The fourth-order valence-corrected chi connectivity index (χ4v) is 5.01. The van der Waals surface area contributed by atoms with Gasteiger partial charge in [-0.15, -0.1) is 11.3 Å². The average Bonchev–Trinajstić information content (AvgIpc) is 2.96. The summed E-state index contributed by atoms with van der Waals surface area (Å²) in [5.41, 5.74) is 4.78. The third kappa shape index (κ3) is 4.71. The number of rotatable bonds is 8. The standard InChI is InChI=1S/C14H16FN3O5S3/c1-2-7-25(20,21)17-11-4-3-9(8-10(11)15)26(22,23)18-12-5-6-24-13(12)14(16)19/h3-6,8,17-18H,2,7H2,1H3,(H2,16,19). The van der Waals surface area contributed by atoms with Gasteiger partial charge in [0.1, 0.15) is 10.7 Å². The van der Waals surface area contributed by atoms with Gasteiger partial charge in [0, 0.05) is 0 Å². The van der Waals surface area contributed by atoms with Crippen LogP contribution in [0.4, 0.5) is 15.8 Å². The van der Waals surface area contributed by atoms with Gasteiger partial charge in [-0.05, 0) is 36.1 Å². The highest BCUT2D eigenvalue weighted by Crippen LogP contribution is 2.26. The average molecular weight is 421 g/mol. The van der Waals surface area contributed by atoms with E-state index in [1.54, 1.807) is 6.92 Å². The molecule has 0 aliphatic carbocycles. The number of halogens is 1. The smallest absolute Gasteiger partial charge is 0.262 e. The molecule has 4 N–H and O–H groups in total. The summed E-state index contributed by atoms with van der Waals surface area (Å²) in [5, 5.41) is 1.48. The molecule has 2 aromatic rings. The van der Waals surface area contributed by atoms with Crippen LogP contribution in [0.5, 0.6) is 0 Å². The van der Waals surface area contributed by atoms with Crippen molar-refractivity contribution < 1.29 is 26.0 Å². The van der Waals surface area contributed by atoms with Crippen LogP contribution >= 0.6 is 11.3 Å². The van der Waals surface area contributed by atoms with E-state index in [4.69, 9.17) is 5.73 Å². The highest BCUT2D eigenvalue weighted by atomic mass is 32.2. The summed E-state index contributed by atoms with van der Waals surface area (Å²) in [6, 6.07) is 4.10. The van der Waals surface area contributed by atoms with Crippen LogP contribution in [-0.4, -0.2) is 28.5 Å². The Morgan fingerprint density at radius 2 is 1.85 bits per heavy atom. The number of sulfonamides is 2. The van der Waals surface area contributed by atoms with Crippen molar-refractivity contribution in [3.05, 3.63) is 40.3 Å². The predicted molar refractivity (Wildman–Crippen MR) is 97.7 cm³/mol. The molecule has 0 saturated carbocycles. The number of hydrogen-bond acceptors (Lipinski definition) is 6. The van der Waals surface area contributed by atoms with Crippen molar-refractivity contribution in [2.75, 3.05) is 15.2 Å². The third-order valence-electron chi connectivity index (χ3n) is 3.12. The van der Waals surface area contributed by atoms with Gasteiger partial charge in [-0.2, -0.15) is 0 Å². The Balaban J connectivity index is 2.29. The highest BCUT2D eigenvalue weighted by Gasteiger charge is 2.21. The first-order valence-electron chi connectivity index (χ1n) is 7.26. The lowest BCUT2D eigenvalue weighted by Crippen LogP contribution is -2.18. The monoisotopic (exact) mass is 421 g/mol. The summed E-state index contributed by atoms with van der Waals surface area (Å²) in [7, 11) is -7.92. The van der Waals surface area contributed by atoms with Crippen LogP contribution in [0, 0.1) is 5.82 Å². The number of primary amides is 1. The van der Waals surface area contributed by atoms with Gasteiger partial charge < -0.3 is 5.73 Å². The molecular formula is C14H16FN3O5S3. The number of thiophene rings is 1. The van der Waals surface area contributed by atoms with E-state index >= 15 is 0 Å². The molecule has 26 heavy (non-hydrogen) atoms. The molecule has 0 atom stereocenters. The molecule has 0 aliphatic rings. The van der Waals surface area contributed by atoms with Gasteiger partial charge in [-0.1, -0.05) is 6.92 Å². The van der Waals surface area contributed by atoms with Crippen molar-refractivity contribution in [3.8, 4) is 0 Å². The van der Waals surface area contributed by atoms with E-state index < -0.39 is 36.7 Å². The van der Waals surface area contributed by atoms with Crippen LogP contribution in [0.1, 0.15) is 23.0 Å². The SMILES string of the molecule is CCCS(=O)(=O)Nc1ccc(S(=O)(=O)Nc2ccsc2C(N)=O)cc1F. The van der Waals surface area contributed by atoms with Crippen LogP contribution in [-0.2, 0) is 20.0 Å². The Bertz CT molecular complexity index is 1030. The Labute approximate surface area is 154 Å². The van der Waals surface area contributed by atoms with Gasteiger partial charge in [0.15, 0.2) is 0 Å². The minimum atomic E-state index is -4.20. The van der Waals surface area contributed by atoms with Gasteiger partial charge in [0.2, 0.25) is 10.0 Å². The quantitative estimate of drug-likeness (QED) is 0.598. The van der Waals surface area contributed by atoms with E-state index in [2.05, 4.69) is 9.44 Å². The molecule has 0 aliphatic heterocycles. The minimum Gasteiger partial charge on any atom is -0.365 e. The largest absolute Gasteiger partial charge is 0.365 e. The lowest BCUT2D eigenvalue weighted by atomic mass is 10.3. The maximum atomic E-state index is 14.1. The molecule has 0 spiro atoms. The molecule has 0 bridgehead atoms. The van der Waals surface area contributed by atoms with E-state index in [1.807, 2.05) is 0 Å². The fourth-order valence-electron chi connectivity index (χ4n) is 2.02. The number of nitrogens with one attached hydrogen (secondary N) is 2. The van der Waals surface area contributed by atoms with E-state index in [1.165, 1.54) is 11.4 Å². The lowest BCUT2D eigenvalue weighted by Gasteiger charge is -2.11. The molecule has 1 amide bonds. The van der Waals surface area contributed by atoms with Crippen molar-refractivity contribution in [3.63, 3.8) is 0 Å². The lowest BCUT2D eigenvalue weighted by molar-refractivity contribution is 0.100. The maximum Gasteiger partial charge on any atom is 0.262 e. The molecule has 0 saturated heterocycles. The summed E-state index contributed by atoms with van der Waals surface area (Å²) in [6.07, 6.45) is 0.343. The summed E-state index contributed by atoms with van der Waals surface area (Å²) >= 11 is 0.958. The Morgan fingerprint density at radius 1 is 1.15 bits per heavy atom. The Hall–Kier alpha value is -2.18. The van der Waals surface area contributed by atoms with Crippen LogP contribution in [0.2, 0.25) is 0 Å². The number of carbonyl (C=O) groups excluding carboxylic acids is 1. The zero-order valence-corrected chi connectivity index (χ0v) is 16.0. The first kappa shape index (κ1) is 20.1. The Morgan fingerprint density at radius 3 is 2.42 bits per heavy atom. The van der Waals surface area contributed by atoms with Crippen LogP contribution in [0.15, 0.2) is 34.5 Å². The number of hydrogen-bond donors (Lipinski definition) is 3. The number of nitrogens with two attached hydrogens (primary N) is 1. The van der Waals surface area contributed by atoms with Crippen molar-refractivity contribution in [2.45, 2.75) is 18.2 Å². The maximum absolute atomic E-state index is 14.1. The molecule has 2 rings (SSSR count). The number of benzene rings is 1. The molecule has 12 heteroatoms. The summed E-state index contributed by atoms with van der Waals surface area (Å²) in [5.74, 6) is -2.04. The zero-order valence-electron chi connectivity index (χ0n) is 13.5. The van der Waals surface area contributed by atoms with Gasteiger partial charge >= 0.3 is 0 Å². The zero-order chi connectivity index (χ0) is 19.5. The molecule has 0 unspecified atom stereocenters. The molecule has 8 nitrogen and oxygen atoms in total. The van der Waals surface area contributed by atoms with Crippen molar-refractivity contribution in [1.29, 1.82) is 0 Å². The Kier molecular flexibility index (Phi) is 5.88. The van der Waals surface area contributed by atoms with Gasteiger partial charge in [-0.25, -0.2) is 21.2 Å². The second-order valence-electron chi connectivity index (χ2n) is 5.20. The van der Waals surface area contributed by atoms with Crippen molar-refractivity contribution in [2.24, 2.45) is 5.73 Å². The van der Waals surface area contributed by atoms with Crippen LogP contribution in [0.25, 0.3) is 0 Å². The second-order valence-corrected chi connectivity index (χ2v) is 9.64. The van der Waals surface area contributed by atoms with E-state index in [9.17, 15) is 26.0 Å². The third-order valence-corrected chi connectivity index (χ3v) is 6.89. The molecule has 1 aromatic heterocycles. The van der Waals surface area contributed by atoms with E-state index in [0.29, 0.717) is 12.5 Å². The molecule has 0 radical (unpaired) electrons. The van der Waals surface area contributed by atoms with Crippen molar-refractivity contribution >= 4 is 48.7 Å². The summed E-state index contributed by atoms with van der Waals surface area (Å²) in [6.45, 7) is 1.65. The molecule has 142 valence electrons. The topological polar surface area (TPSA) is 135 Å².